The number of hydrogen-bond acceptors (Lipinski definition) is 3. The van der Waals surface area contributed by atoms with Crippen LogP contribution >= 0.6 is 11.6 Å². The van der Waals surface area contributed by atoms with Crippen LogP contribution in [0.4, 0.5) is 0 Å². The summed E-state index contributed by atoms with van der Waals surface area (Å²) in [5.74, 6) is 6.63. The highest BCUT2D eigenvalue weighted by Gasteiger charge is 2.05. The molecular formula is C20H15ClN2O2. The summed E-state index contributed by atoms with van der Waals surface area (Å²) < 4.78 is 6.61. The average molecular weight is 351 g/mol. The molecule has 3 rings (SSSR count). The molecule has 0 spiro atoms. The first-order valence-corrected chi connectivity index (χ1v) is 7.96. The van der Waals surface area contributed by atoms with Gasteiger partial charge in [0, 0.05) is 22.7 Å². The fraction of sp³-hybridized carbons (Fsp3) is 0.100. The highest BCUT2D eigenvalue weighted by molar-refractivity contribution is 6.30. The molecule has 0 radical (unpaired) electrons. The Balaban J connectivity index is 1.92. The van der Waals surface area contributed by atoms with Crippen molar-refractivity contribution in [3.8, 4) is 23.3 Å². The van der Waals surface area contributed by atoms with Crippen LogP contribution < -0.4 is 10.3 Å². The summed E-state index contributed by atoms with van der Waals surface area (Å²) in [6, 6.07) is 14.1. The first kappa shape index (κ1) is 16.8. The Labute approximate surface area is 150 Å². The zero-order chi connectivity index (χ0) is 17.8. The number of hydrogen-bond donors (Lipinski definition) is 0. The van der Waals surface area contributed by atoms with E-state index in [4.69, 9.17) is 16.3 Å². The van der Waals surface area contributed by atoms with Crippen molar-refractivity contribution in [2.24, 2.45) is 0 Å². The number of ether oxygens (including phenoxy) is 1. The number of nitrogens with zero attached hydrogens (tertiary/aromatic N) is 2. The third-order valence-corrected chi connectivity index (χ3v) is 3.88. The molecule has 0 saturated carbocycles. The minimum Gasteiger partial charge on any atom is -0.496 e. The van der Waals surface area contributed by atoms with Crippen LogP contribution in [0.15, 0.2) is 59.5 Å². The molecule has 5 heteroatoms. The van der Waals surface area contributed by atoms with Gasteiger partial charge in [-0.1, -0.05) is 29.5 Å². The molecule has 0 saturated heterocycles. The largest absolute Gasteiger partial charge is 0.496 e. The first-order valence-electron chi connectivity index (χ1n) is 7.59. The molecule has 0 N–H and O–H groups in total. The molecule has 124 valence electrons. The summed E-state index contributed by atoms with van der Waals surface area (Å²) in [6.45, 7) is 1.94. The molecule has 0 atom stereocenters. The quantitative estimate of drug-likeness (QED) is 0.663. The molecular weight excluding hydrogens is 336 g/mol. The normalized spacial score (nSPS) is 10.0. The van der Waals surface area contributed by atoms with E-state index in [0.29, 0.717) is 22.0 Å². The molecule has 1 aromatic heterocycles. The van der Waals surface area contributed by atoms with Crippen LogP contribution in [-0.4, -0.2) is 16.9 Å². The van der Waals surface area contributed by atoms with Crippen molar-refractivity contribution in [1.82, 2.24) is 9.78 Å². The third kappa shape index (κ3) is 3.90. The van der Waals surface area contributed by atoms with Crippen molar-refractivity contribution in [2.75, 3.05) is 7.11 Å². The summed E-state index contributed by atoms with van der Waals surface area (Å²) in [5, 5.41) is 4.86. The Morgan fingerprint density at radius 3 is 2.44 bits per heavy atom. The molecule has 0 bridgehead atoms. The predicted octanol–water partition coefficient (Wildman–Crippen LogP) is 3.60. The van der Waals surface area contributed by atoms with Gasteiger partial charge in [-0.15, -0.1) is 0 Å². The van der Waals surface area contributed by atoms with Gasteiger partial charge in [0.25, 0.3) is 5.56 Å². The van der Waals surface area contributed by atoms with Gasteiger partial charge in [0.15, 0.2) is 0 Å². The van der Waals surface area contributed by atoms with Crippen LogP contribution in [0.1, 0.15) is 16.7 Å². The van der Waals surface area contributed by atoms with Crippen LogP contribution in [0.5, 0.6) is 5.75 Å². The lowest BCUT2D eigenvalue weighted by Gasteiger charge is -2.08. The average Bonchev–Trinajstić information content (AvgIpc) is 2.62. The summed E-state index contributed by atoms with van der Waals surface area (Å²) >= 11 is 5.85. The molecule has 0 aliphatic rings. The molecule has 0 amide bonds. The molecule has 1 heterocycles. The summed E-state index contributed by atoms with van der Waals surface area (Å²) in [5.41, 5.74) is 2.75. The fourth-order valence-corrected chi connectivity index (χ4v) is 2.41. The van der Waals surface area contributed by atoms with Crippen molar-refractivity contribution in [3.05, 3.63) is 86.8 Å². The van der Waals surface area contributed by atoms with Crippen molar-refractivity contribution >= 4 is 11.6 Å². The summed E-state index contributed by atoms with van der Waals surface area (Å²) in [4.78, 5) is 12.4. The smallest absolute Gasteiger partial charge is 0.272 e. The standard InChI is InChI=1S/C20H15ClN2O2/c1-14-3-10-18(12-19(14)25-2)23-20(24)11-16(13-22-23)5-4-15-6-8-17(21)9-7-15/h3,6-13H,1-2H3. The van der Waals surface area contributed by atoms with Crippen molar-refractivity contribution in [2.45, 2.75) is 6.92 Å². The summed E-state index contributed by atoms with van der Waals surface area (Å²) in [6.07, 6.45) is 1.57. The van der Waals surface area contributed by atoms with Gasteiger partial charge in [0.2, 0.25) is 0 Å². The van der Waals surface area contributed by atoms with Gasteiger partial charge in [0.05, 0.1) is 24.6 Å². The lowest BCUT2D eigenvalue weighted by Crippen LogP contribution is -2.20. The van der Waals surface area contributed by atoms with E-state index in [2.05, 4.69) is 16.9 Å². The molecule has 0 aliphatic heterocycles. The van der Waals surface area contributed by atoms with Gasteiger partial charge >= 0.3 is 0 Å². The Morgan fingerprint density at radius 1 is 1.04 bits per heavy atom. The molecule has 0 fully saturated rings. The Hall–Kier alpha value is -3.03. The lowest BCUT2D eigenvalue weighted by molar-refractivity contribution is 0.411. The Bertz CT molecular complexity index is 1030. The van der Waals surface area contributed by atoms with Crippen LogP contribution in [0, 0.1) is 18.8 Å². The van der Waals surface area contributed by atoms with Crippen LogP contribution in [0.3, 0.4) is 0 Å². The van der Waals surface area contributed by atoms with E-state index < -0.39 is 0 Å². The highest BCUT2D eigenvalue weighted by Crippen LogP contribution is 2.20. The number of halogens is 1. The monoisotopic (exact) mass is 350 g/mol. The maximum absolute atomic E-state index is 12.4. The van der Waals surface area contributed by atoms with E-state index in [1.54, 1.807) is 31.5 Å². The fourth-order valence-electron chi connectivity index (χ4n) is 2.29. The second-order valence-corrected chi connectivity index (χ2v) is 5.84. The van der Waals surface area contributed by atoms with Gasteiger partial charge in [-0.05, 0) is 42.8 Å². The minimum atomic E-state index is -0.256. The van der Waals surface area contributed by atoms with Crippen LogP contribution in [-0.2, 0) is 0 Å². The van der Waals surface area contributed by atoms with Crippen LogP contribution in [0.2, 0.25) is 5.02 Å². The summed E-state index contributed by atoms with van der Waals surface area (Å²) in [7, 11) is 1.60. The van der Waals surface area contributed by atoms with Gasteiger partial charge in [-0.25, -0.2) is 0 Å². The minimum absolute atomic E-state index is 0.256. The Morgan fingerprint density at radius 2 is 1.76 bits per heavy atom. The van der Waals surface area contributed by atoms with E-state index in [0.717, 1.165) is 11.1 Å². The first-order chi connectivity index (χ1) is 12.1. The third-order valence-electron chi connectivity index (χ3n) is 3.63. The van der Waals surface area contributed by atoms with E-state index in [9.17, 15) is 4.79 Å². The maximum atomic E-state index is 12.4. The lowest BCUT2D eigenvalue weighted by atomic mass is 10.2. The number of benzene rings is 2. The van der Waals surface area contributed by atoms with Gasteiger partial charge in [-0.2, -0.15) is 9.78 Å². The topological polar surface area (TPSA) is 44.1 Å². The zero-order valence-corrected chi connectivity index (χ0v) is 14.5. The second kappa shape index (κ2) is 7.25. The van der Waals surface area contributed by atoms with Crippen molar-refractivity contribution < 1.29 is 4.74 Å². The van der Waals surface area contributed by atoms with E-state index in [-0.39, 0.29) is 5.56 Å². The van der Waals surface area contributed by atoms with Crippen molar-refractivity contribution in [1.29, 1.82) is 0 Å². The number of rotatable bonds is 2. The maximum Gasteiger partial charge on any atom is 0.272 e. The SMILES string of the molecule is COc1cc(-n2ncc(C#Cc3ccc(Cl)cc3)cc2=O)ccc1C. The zero-order valence-electron chi connectivity index (χ0n) is 13.8. The second-order valence-electron chi connectivity index (χ2n) is 5.41. The molecule has 0 aliphatic carbocycles. The molecule has 0 unspecified atom stereocenters. The molecule has 2 aromatic carbocycles. The highest BCUT2D eigenvalue weighted by atomic mass is 35.5. The van der Waals surface area contributed by atoms with E-state index in [1.165, 1.54) is 10.7 Å². The Kier molecular flexibility index (Phi) is 4.87. The van der Waals surface area contributed by atoms with Crippen molar-refractivity contribution in [3.63, 3.8) is 0 Å². The van der Waals surface area contributed by atoms with E-state index >= 15 is 0 Å². The molecule has 25 heavy (non-hydrogen) atoms. The number of aromatic nitrogens is 2. The number of methoxy groups -OCH3 is 1. The van der Waals surface area contributed by atoms with E-state index in [1.807, 2.05) is 31.2 Å². The number of aryl methyl sites for hydroxylation is 1. The van der Waals surface area contributed by atoms with Gasteiger partial charge in [0.1, 0.15) is 5.75 Å². The predicted molar refractivity (Wildman–Crippen MR) is 98.6 cm³/mol. The van der Waals surface area contributed by atoms with Gasteiger partial charge < -0.3 is 4.74 Å². The molecule has 4 nitrogen and oxygen atoms in total. The van der Waals surface area contributed by atoms with Gasteiger partial charge in [-0.3, -0.25) is 4.79 Å². The van der Waals surface area contributed by atoms with Crippen LogP contribution in [0.25, 0.3) is 5.69 Å². The molecule has 3 aromatic rings.